The van der Waals surface area contributed by atoms with Crippen LogP contribution in [0.2, 0.25) is 12.1 Å². The molecule has 1 aromatic carbocycles. The summed E-state index contributed by atoms with van der Waals surface area (Å²) in [6.45, 7) is -2.99. The quantitative estimate of drug-likeness (QED) is 0.231. The van der Waals surface area contributed by atoms with Crippen LogP contribution in [0.25, 0.3) is 0 Å². The Bertz CT molecular complexity index is 599. The molecular formula is C22H31ClF3OSi. The first-order valence-corrected chi connectivity index (χ1v) is 13.7. The topological polar surface area (TPSA) is 9.23 Å². The highest BCUT2D eigenvalue weighted by Crippen LogP contribution is 2.39. The van der Waals surface area contributed by atoms with E-state index in [-0.39, 0.29) is 5.75 Å². The molecule has 1 aliphatic carbocycles. The van der Waals surface area contributed by atoms with Gasteiger partial charge in [-0.15, -0.1) is 0 Å². The molecule has 0 atom stereocenters. The van der Waals surface area contributed by atoms with Gasteiger partial charge in [0.25, 0.3) is 0 Å². The predicted molar refractivity (Wildman–Crippen MR) is 110 cm³/mol. The van der Waals surface area contributed by atoms with Crippen molar-refractivity contribution in [2.75, 3.05) is 0 Å². The minimum atomic E-state index is -2.99. The van der Waals surface area contributed by atoms with Crippen LogP contribution < -0.4 is 4.74 Å². The lowest BCUT2D eigenvalue weighted by molar-refractivity contribution is -0.0522. The standard InChI is InChI=1S/C22H31ClF3OSi/c23-28-13-11-17(12-14-28)4-2-1-3-16-5-7-18(8-6-16)19-9-10-21(20(24)15-19)27-22(25)26/h9-10,15-18,22H,1-8,11-14H2. The molecule has 1 aliphatic heterocycles. The summed E-state index contributed by atoms with van der Waals surface area (Å²) in [5.41, 5.74) is 0.912. The second kappa shape index (κ2) is 10.9. The average Bonchev–Trinajstić information content (AvgIpc) is 2.68. The Morgan fingerprint density at radius 1 is 0.964 bits per heavy atom. The third-order valence-electron chi connectivity index (χ3n) is 6.61. The summed E-state index contributed by atoms with van der Waals surface area (Å²) < 4.78 is 42.7. The molecular weight excluding hydrogens is 401 g/mol. The van der Waals surface area contributed by atoms with Gasteiger partial charge in [-0.25, -0.2) is 4.39 Å². The molecule has 1 heterocycles. The molecule has 0 amide bonds. The fraction of sp³-hybridized carbons (Fsp3) is 0.727. The number of hydrogen-bond donors (Lipinski definition) is 0. The lowest BCUT2D eigenvalue weighted by Gasteiger charge is -2.29. The first-order valence-electron chi connectivity index (χ1n) is 10.8. The number of benzene rings is 1. The molecule has 6 heteroatoms. The lowest BCUT2D eigenvalue weighted by atomic mass is 9.77. The number of hydrogen-bond acceptors (Lipinski definition) is 1. The van der Waals surface area contributed by atoms with E-state index in [1.54, 1.807) is 6.07 Å². The van der Waals surface area contributed by atoms with Crippen molar-refractivity contribution in [3.8, 4) is 5.75 Å². The highest BCUT2D eigenvalue weighted by Gasteiger charge is 2.24. The van der Waals surface area contributed by atoms with Gasteiger partial charge >= 0.3 is 6.61 Å². The maximum absolute atomic E-state index is 14.0. The summed E-state index contributed by atoms with van der Waals surface area (Å²) in [7, 11) is -0.502. The SMILES string of the molecule is Fc1cc(C2CCC(CCCCC3CC[Si](Cl)CC3)CC2)ccc1OC(F)F. The minimum absolute atomic E-state index is 0.333. The van der Waals surface area contributed by atoms with Crippen LogP contribution in [-0.2, 0) is 0 Å². The molecule has 0 aromatic heterocycles. The van der Waals surface area contributed by atoms with Crippen LogP contribution in [0.5, 0.6) is 5.75 Å². The summed E-state index contributed by atoms with van der Waals surface area (Å²) in [6.07, 6.45) is 12.5. The van der Waals surface area contributed by atoms with Crippen molar-refractivity contribution in [1.29, 1.82) is 0 Å². The molecule has 3 rings (SSSR count). The van der Waals surface area contributed by atoms with E-state index in [0.717, 1.165) is 30.2 Å². The van der Waals surface area contributed by atoms with Gasteiger partial charge in [-0.1, -0.05) is 44.6 Å². The molecule has 1 radical (unpaired) electrons. The van der Waals surface area contributed by atoms with Crippen LogP contribution in [0, 0.1) is 17.7 Å². The first-order chi connectivity index (χ1) is 13.5. The first kappa shape index (κ1) is 22.0. The second-order valence-corrected chi connectivity index (χ2v) is 12.2. The van der Waals surface area contributed by atoms with E-state index in [0.29, 0.717) is 5.92 Å². The third kappa shape index (κ3) is 6.69. The molecule has 157 valence electrons. The molecule has 0 N–H and O–H groups in total. The fourth-order valence-corrected chi connectivity index (χ4v) is 7.24. The van der Waals surface area contributed by atoms with Crippen molar-refractivity contribution in [2.24, 2.45) is 11.8 Å². The largest absolute Gasteiger partial charge is 0.432 e. The number of unbranched alkanes of at least 4 members (excludes halogenated alkanes) is 1. The van der Waals surface area contributed by atoms with E-state index < -0.39 is 20.5 Å². The molecule has 1 saturated carbocycles. The molecule has 28 heavy (non-hydrogen) atoms. The zero-order valence-electron chi connectivity index (χ0n) is 16.4. The molecule has 0 spiro atoms. The molecule has 1 aromatic rings. The van der Waals surface area contributed by atoms with Crippen molar-refractivity contribution >= 4 is 19.2 Å². The summed E-state index contributed by atoms with van der Waals surface area (Å²) in [6, 6.07) is 7.03. The average molecular weight is 432 g/mol. The van der Waals surface area contributed by atoms with Crippen molar-refractivity contribution in [1.82, 2.24) is 0 Å². The Kier molecular flexibility index (Phi) is 8.58. The zero-order valence-corrected chi connectivity index (χ0v) is 18.2. The maximum atomic E-state index is 14.0. The van der Waals surface area contributed by atoms with Crippen molar-refractivity contribution in [2.45, 2.75) is 88.8 Å². The van der Waals surface area contributed by atoms with Crippen LogP contribution >= 0.6 is 11.1 Å². The van der Waals surface area contributed by atoms with E-state index in [4.69, 9.17) is 11.1 Å². The summed E-state index contributed by atoms with van der Waals surface area (Å²) in [5.74, 6) is 0.973. The summed E-state index contributed by atoms with van der Waals surface area (Å²) in [4.78, 5) is 0. The van der Waals surface area contributed by atoms with E-state index in [2.05, 4.69) is 4.74 Å². The predicted octanol–water partition coefficient (Wildman–Crippen LogP) is 7.90. The van der Waals surface area contributed by atoms with E-state index >= 15 is 0 Å². The van der Waals surface area contributed by atoms with E-state index in [1.807, 2.05) is 0 Å². The summed E-state index contributed by atoms with van der Waals surface area (Å²) >= 11 is 6.28. The minimum Gasteiger partial charge on any atom is -0.432 e. The van der Waals surface area contributed by atoms with Crippen LogP contribution in [-0.4, -0.2) is 14.7 Å². The van der Waals surface area contributed by atoms with Gasteiger partial charge in [0.15, 0.2) is 19.7 Å². The van der Waals surface area contributed by atoms with Gasteiger partial charge in [-0.3, -0.25) is 0 Å². The Morgan fingerprint density at radius 2 is 1.57 bits per heavy atom. The lowest BCUT2D eigenvalue weighted by Crippen LogP contribution is -2.16. The number of halogens is 4. The molecule has 0 unspecified atom stereocenters. The van der Waals surface area contributed by atoms with Crippen molar-refractivity contribution in [3.05, 3.63) is 29.6 Å². The number of rotatable bonds is 8. The number of alkyl halides is 2. The monoisotopic (exact) mass is 431 g/mol. The Hall–Kier alpha value is -0.683. The van der Waals surface area contributed by atoms with Gasteiger partial charge in [-0.05, 0) is 73.2 Å². The van der Waals surface area contributed by atoms with Crippen LogP contribution in [0.3, 0.4) is 0 Å². The van der Waals surface area contributed by atoms with Gasteiger partial charge in [-0.2, -0.15) is 19.9 Å². The van der Waals surface area contributed by atoms with E-state index in [9.17, 15) is 13.2 Å². The van der Waals surface area contributed by atoms with Gasteiger partial charge in [0.1, 0.15) is 0 Å². The Morgan fingerprint density at radius 3 is 2.14 bits per heavy atom. The van der Waals surface area contributed by atoms with Crippen LogP contribution in [0.15, 0.2) is 18.2 Å². The molecule has 2 aliphatic rings. The smallest absolute Gasteiger partial charge is 0.387 e. The maximum Gasteiger partial charge on any atom is 0.387 e. The zero-order chi connectivity index (χ0) is 19.9. The highest BCUT2D eigenvalue weighted by atomic mass is 35.6. The van der Waals surface area contributed by atoms with E-state index in [1.165, 1.54) is 75.6 Å². The molecule has 2 fully saturated rings. The number of ether oxygens (including phenoxy) is 1. The Labute approximate surface area is 173 Å². The normalized spacial score (nSPS) is 24.6. The highest BCUT2D eigenvalue weighted by molar-refractivity contribution is 7.07. The molecule has 1 nitrogen and oxygen atoms in total. The third-order valence-corrected chi connectivity index (χ3v) is 9.41. The molecule has 0 bridgehead atoms. The second-order valence-electron chi connectivity index (χ2n) is 8.53. The van der Waals surface area contributed by atoms with Crippen LogP contribution in [0.1, 0.15) is 75.7 Å². The van der Waals surface area contributed by atoms with Gasteiger partial charge in [0.2, 0.25) is 0 Å². The van der Waals surface area contributed by atoms with Gasteiger partial charge in [0.05, 0.1) is 0 Å². The van der Waals surface area contributed by atoms with Crippen molar-refractivity contribution in [3.63, 3.8) is 0 Å². The van der Waals surface area contributed by atoms with Gasteiger partial charge in [0, 0.05) is 0 Å². The van der Waals surface area contributed by atoms with Crippen LogP contribution in [0.4, 0.5) is 13.2 Å². The van der Waals surface area contributed by atoms with Gasteiger partial charge < -0.3 is 4.74 Å². The molecule has 1 saturated heterocycles. The van der Waals surface area contributed by atoms with Crippen molar-refractivity contribution < 1.29 is 17.9 Å². The Balaban J connectivity index is 1.35. The summed E-state index contributed by atoms with van der Waals surface area (Å²) in [5, 5.41) is 0. The fourth-order valence-electron chi connectivity index (χ4n) is 4.89.